The highest BCUT2D eigenvalue weighted by molar-refractivity contribution is 5.96. The smallest absolute Gasteiger partial charge is 0.163 e. The van der Waals surface area contributed by atoms with E-state index < -0.39 is 6.10 Å². The molecule has 4 rings (SSSR count). The third-order valence-corrected chi connectivity index (χ3v) is 6.25. The molecule has 1 aliphatic heterocycles. The number of pyridine rings is 1. The van der Waals surface area contributed by atoms with Gasteiger partial charge in [0.05, 0.1) is 6.10 Å². The Morgan fingerprint density at radius 3 is 2.54 bits per heavy atom. The lowest BCUT2D eigenvalue weighted by molar-refractivity contribution is 0.0927. The van der Waals surface area contributed by atoms with Gasteiger partial charge >= 0.3 is 0 Å². The second kappa shape index (κ2) is 8.87. The fourth-order valence-corrected chi connectivity index (χ4v) is 4.58. The largest absolute Gasteiger partial charge is 0.393 e. The zero-order valence-corrected chi connectivity index (χ0v) is 16.5. The van der Waals surface area contributed by atoms with Gasteiger partial charge in [-0.2, -0.15) is 0 Å². The Labute approximate surface area is 167 Å². The number of hydrogen-bond donors (Lipinski definition) is 1. The number of hydrogen-bond acceptors (Lipinski definition) is 4. The van der Waals surface area contributed by atoms with Gasteiger partial charge in [0.1, 0.15) is 5.82 Å². The molecule has 28 heavy (non-hydrogen) atoms. The van der Waals surface area contributed by atoms with Crippen molar-refractivity contribution < 1.29 is 9.90 Å². The fraction of sp³-hybridized carbons (Fsp3) is 0.500. The van der Waals surface area contributed by atoms with Crippen molar-refractivity contribution in [3.8, 4) is 0 Å². The maximum absolute atomic E-state index is 12.6. The Hall–Kier alpha value is -2.20. The van der Waals surface area contributed by atoms with E-state index in [0.717, 1.165) is 50.2 Å². The number of carbonyl (C=O) groups is 1. The van der Waals surface area contributed by atoms with Crippen LogP contribution in [0.15, 0.2) is 42.6 Å². The van der Waals surface area contributed by atoms with E-state index in [0.29, 0.717) is 18.8 Å². The minimum atomic E-state index is -0.396. The maximum atomic E-state index is 12.6. The highest BCUT2D eigenvalue weighted by Gasteiger charge is 2.22. The minimum Gasteiger partial charge on any atom is -0.393 e. The van der Waals surface area contributed by atoms with Crippen LogP contribution in [0, 0.1) is 5.92 Å². The van der Waals surface area contributed by atoms with Crippen LogP contribution in [-0.4, -0.2) is 35.1 Å². The number of nitrogens with zero attached hydrogens (tertiary/aromatic N) is 2. The first kappa shape index (κ1) is 19.1. The molecular formula is C24H30N2O2. The van der Waals surface area contributed by atoms with Crippen LogP contribution in [0.5, 0.6) is 0 Å². The number of anilines is 1. The molecule has 1 aliphatic carbocycles. The molecule has 0 saturated carbocycles. The van der Waals surface area contributed by atoms with Crippen molar-refractivity contribution in [2.75, 3.05) is 18.0 Å². The zero-order chi connectivity index (χ0) is 19.3. The molecule has 1 atom stereocenters. The molecule has 0 spiro atoms. The lowest BCUT2D eigenvalue weighted by Gasteiger charge is -2.17. The van der Waals surface area contributed by atoms with E-state index in [1.807, 2.05) is 6.07 Å². The van der Waals surface area contributed by atoms with Gasteiger partial charge in [-0.1, -0.05) is 24.3 Å². The number of aliphatic hydroxyl groups is 1. The average Bonchev–Trinajstić information content (AvgIpc) is 3.40. The van der Waals surface area contributed by atoms with Crippen molar-refractivity contribution >= 4 is 11.6 Å². The van der Waals surface area contributed by atoms with Crippen LogP contribution in [0.2, 0.25) is 0 Å². The Morgan fingerprint density at radius 1 is 1.11 bits per heavy atom. The van der Waals surface area contributed by atoms with Gasteiger partial charge in [0, 0.05) is 31.3 Å². The molecule has 2 aromatic rings. The number of Topliss-reactive ketones (excluding diaryl/α,β-unsaturated/α-hetero) is 1. The quantitative estimate of drug-likeness (QED) is 0.700. The summed E-state index contributed by atoms with van der Waals surface area (Å²) in [7, 11) is 0. The lowest BCUT2D eigenvalue weighted by atomic mass is 9.95. The van der Waals surface area contributed by atoms with Crippen LogP contribution in [0.4, 0.5) is 5.82 Å². The van der Waals surface area contributed by atoms with E-state index in [9.17, 15) is 9.90 Å². The molecule has 1 saturated heterocycles. The molecule has 1 unspecified atom stereocenters. The summed E-state index contributed by atoms with van der Waals surface area (Å²) in [5.74, 6) is 1.64. The summed E-state index contributed by atoms with van der Waals surface area (Å²) in [6.45, 7) is 2.04. The molecule has 0 bridgehead atoms. The fourth-order valence-electron chi connectivity index (χ4n) is 4.58. The van der Waals surface area contributed by atoms with E-state index >= 15 is 0 Å². The van der Waals surface area contributed by atoms with E-state index in [-0.39, 0.29) is 5.78 Å². The van der Waals surface area contributed by atoms with E-state index in [1.165, 1.54) is 24.0 Å². The topological polar surface area (TPSA) is 53.4 Å². The zero-order valence-electron chi connectivity index (χ0n) is 16.5. The van der Waals surface area contributed by atoms with Gasteiger partial charge in [-0.3, -0.25) is 4.79 Å². The highest BCUT2D eigenvalue weighted by Crippen LogP contribution is 2.30. The summed E-state index contributed by atoms with van der Waals surface area (Å²) in [6, 6.07) is 12.4. The predicted octanol–water partition coefficient (Wildman–Crippen LogP) is 4.20. The van der Waals surface area contributed by atoms with Crippen LogP contribution in [-0.2, 0) is 12.8 Å². The Morgan fingerprint density at radius 2 is 1.82 bits per heavy atom. The molecule has 1 fully saturated rings. The minimum absolute atomic E-state index is 0.107. The number of fused-ring (bicyclic) bond motifs is 1. The average molecular weight is 379 g/mol. The van der Waals surface area contributed by atoms with E-state index in [4.69, 9.17) is 0 Å². The van der Waals surface area contributed by atoms with E-state index in [1.54, 1.807) is 12.3 Å². The van der Waals surface area contributed by atoms with Crippen molar-refractivity contribution in [1.29, 1.82) is 0 Å². The van der Waals surface area contributed by atoms with Crippen LogP contribution >= 0.6 is 0 Å². The molecular weight excluding hydrogens is 348 g/mol. The Bertz CT molecular complexity index is 789. The SMILES string of the molecule is O=C(CCC(O)CCC1Cc2ccccc2C1)c1ccnc(N2CCCC2)c1. The van der Waals surface area contributed by atoms with Gasteiger partial charge < -0.3 is 10.0 Å². The number of aromatic nitrogens is 1. The van der Waals surface area contributed by atoms with Crippen LogP contribution in [0.25, 0.3) is 0 Å². The predicted molar refractivity (Wildman–Crippen MR) is 112 cm³/mol. The molecule has 4 nitrogen and oxygen atoms in total. The summed E-state index contributed by atoms with van der Waals surface area (Å²) in [4.78, 5) is 19.2. The maximum Gasteiger partial charge on any atom is 0.163 e. The summed E-state index contributed by atoms with van der Waals surface area (Å²) in [5.41, 5.74) is 3.64. The van der Waals surface area contributed by atoms with Gasteiger partial charge in [-0.25, -0.2) is 4.98 Å². The molecule has 1 aromatic heterocycles. The lowest BCUT2D eigenvalue weighted by Crippen LogP contribution is -2.19. The number of benzene rings is 1. The summed E-state index contributed by atoms with van der Waals surface area (Å²) in [5, 5.41) is 10.4. The van der Waals surface area contributed by atoms with Crippen molar-refractivity contribution in [1.82, 2.24) is 4.98 Å². The molecule has 0 amide bonds. The van der Waals surface area contributed by atoms with E-state index in [2.05, 4.69) is 34.1 Å². The van der Waals surface area contributed by atoms with Crippen LogP contribution < -0.4 is 4.90 Å². The van der Waals surface area contributed by atoms with Crippen LogP contribution in [0.3, 0.4) is 0 Å². The standard InChI is InChI=1S/C24H30N2O2/c27-22(8-7-18-15-19-5-1-2-6-20(19)16-18)9-10-23(28)21-11-12-25-24(17-21)26-13-3-4-14-26/h1-2,5-6,11-12,17-18,22,27H,3-4,7-10,13-16H2. The summed E-state index contributed by atoms with van der Waals surface area (Å²) in [6.07, 6.45) is 8.71. The highest BCUT2D eigenvalue weighted by atomic mass is 16.3. The molecule has 1 aromatic carbocycles. The van der Waals surface area contributed by atoms with Crippen molar-refractivity contribution in [3.63, 3.8) is 0 Å². The number of aliphatic hydroxyl groups excluding tert-OH is 1. The Balaban J connectivity index is 1.22. The van der Waals surface area contributed by atoms with Crippen molar-refractivity contribution in [2.24, 2.45) is 5.92 Å². The first-order valence-corrected chi connectivity index (χ1v) is 10.7. The van der Waals surface area contributed by atoms with Gasteiger partial charge in [-0.15, -0.1) is 0 Å². The van der Waals surface area contributed by atoms with Gasteiger partial charge in [-0.05, 0) is 74.1 Å². The first-order valence-electron chi connectivity index (χ1n) is 10.7. The second-order valence-electron chi connectivity index (χ2n) is 8.33. The van der Waals surface area contributed by atoms with Crippen LogP contribution in [0.1, 0.15) is 60.0 Å². The van der Waals surface area contributed by atoms with Crippen molar-refractivity contribution in [3.05, 3.63) is 59.3 Å². The van der Waals surface area contributed by atoms with Gasteiger partial charge in [0.2, 0.25) is 0 Å². The molecule has 2 heterocycles. The van der Waals surface area contributed by atoms with Crippen molar-refractivity contribution in [2.45, 2.75) is 57.5 Å². The van der Waals surface area contributed by atoms with Gasteiger partial charge in [0.25, 0.3) is 0 Å². The van der Waals surface area contributed by atoms with Gasteiger partial charge in [0.15, 0.2) is 5.78 Å². The number of carbonyl (C=O) groups excluding carboxylic acids is 1. The molecule has 0 radical (unpaired) electrons. The summed E-state index contributed by atoms with van der Waals surface area (Å²) < 4.78 is 0. The monoisotopic (exact) mass is 378 g/mol. The molecule has 1 N–H and O–H groups in total. The normalized spacial score (nSPS) is 17.7. The number of ketones is 1. The Kier molecular flexibility index (Phi) is 6.06. The molecule has 4 heteroatoms. The molecule has 2 aliphatic rings. The number of rotatable bonds is 8. The molecule has 148 valence electrons. The summed E-state index contributed by atoms with van der Waals surface area (Å²) >= 11 is 0. The third kappa shape index (κ3) is 4.61. The second-order valence-corrected chi connectivity index (χ2v) is 8.33. The first-order chi connectivity index (χ1) is 13.7. The third-order valence-electron chi connectivity index (χ3n) is 6.25.